The summed E-state index contributed by atoms with van der Waals surface area (Å²) in [5, 5.41) is 18.8. The molecule has 26 heavy (non-hydrogen) atoms. The topological polar surface area (TPSA) is 83.8 Å². The Morgan fingerprint density at radius 1 is 1.31 bits per heavy atom. The highest BCUT2D eigenvalue weighted by atomic mass is 16.5. The first kappa shape index (κ1) is 22.6. The predicted molar refractivity (Wildman–Crippen MR) is 102 cm³/mol. The van der Waals surface area contributed by atoms with E-state index in [1.165, 1.54) is 6.42 Å². The maximum absolute atomic E-state index is 12.2. The fourth-order valence-corrected chi connectivity index (χ4v) is 3.40. The third-order valence-corrected chi connectivity index (χ3v) is 4.99. The molecule has 1 saturated carbocycles. The van der Waals surface area contributed by atoms with Crippen molar-refractivity contribution in [2.24, 2.45) is 11.8 Å². The van der Waals surface area contributed by atoms with Crippen molar-refractivity contribution in [3.63, 3.8) is 0 Å². The van der Waals surface area contributed by atoms with Crippen molar-refractivity contribution in [2.45, 2.75) is 76.9 Å². The van der Waals surface area contributed by atoms with Crippen molar-refractivity contribution < 1.29 is 24.5 Å². The van der Waals surface area contributed by atoms with Gasteiger partial charge in [0.2, 0.25) is 0 Å². The summed E-state index contributed by atoms with van der Waals surface area (Å²) in [5.74, 6) is -1.06. The lowest BCUT2D eigenvalue weighted by atomic mass is 9.90. The monoisotopic (exact) mass is 366 g/mol. The molecule has 0 radical (unpaired) electrons. The fourth-order valence-electron chi connectivity index (χ4n) is 3.40. The number of carbonyl (C=O) groups is 2. The van der Waals surface area contributed by atoms with Gasteiger partial charge in [-0.25, -0.2) is 0 Å². The summed E-state index contributed by atoms with van der Waals surface area (Å²) in [6.45, 7) is 2.16. The molecule has 5 heteroatoms. The van der Waals surface area contributed by atoms with Crippen LogP contribution in [0.25, 0.3) is 0 Å². The fraction of sp³-hybridized carbons (Fsp3) is 0.714. The minimum Gasteiger partial charge on any atom is -0.481 e. The van der Waals surface area contributed by atoms with Gasteiger partial charge in [-0.3, -0.25) is 9.59 Å². The minimum atomic E-state index is -0.788. The second-order valence-corrected chi connectivity index (χ2v) is 7.07. The van der Waals surface area contributed by atoms with Gasteiger partial charge in [-0.1, -0.05) is 50.5 Å². The van der Waals surface area contributed by atoms with Gasteiger partial charge in [0.05, 0.1) is 12.2 Å². The van der Waals surface area contributed by atoms with Gasteiger partial charge in [-0.15, -0.1) is 0 Å². The molecule has 1 aliphatic carbocycles. The number of ketones is 1. The molecule has 0 aliphatic heterocycles. The standard InChI is InChI=1S/C21H34O5/c1-3-4-7-10-16(26-2)13-14-18-17(19(22)15-20(18)23)11-8-5-6-9-12-21(24)25/h5,8,13-14,16-18,20,23H,3-4,6-7,9-12,15H2,1-2H3,(H,24,25)/b8-5+,14-13?/t16-,17+,18+,20+/m0/s1. The summed E-state index contributed by atoms with van der Waals surface area (Å²) in [4.78, 5) is 22.7. The number of rotatable bonds is 13. The van der Waals surface area contributed by atoms with Gasteiger partial charge in [0.25, 0.3) is 0 Å². The van der Waals surface area contributed by atoms with Crippen LogP contribution in [0.5, 0.6) is 0 Å². The van der Waals surface area contributed by atoms with Crippen LogP contribution in [-0.4, -0.2) is 41.3 Å². The molecule has 1 fully saturated rings. The number of methoxy groups -OCH3 is 1. The summed E-state index contributed by atoms with van der Waals surface area (Å²) in [6.07, 6.45) is 13.9. The number of aliphatic hydroxyl groups excluding tert-OH is 1. The quantitative estimate of drug-likeness (QED) is 0.381. The van der Waals surface area contributed by atoms with E-state index in [2.05, 4.69) is 6.92 Å². The number of carboxylic acids is 1. The van der Waals surface area contributed by atoms with Gasteiger partial charge in [0.15, 0.2) is 0 Å². The largest absolute Gasteiger partial charge is 0.481 e. The molecule has 0 aromatic carbocycles. The molecular formula is C21H34O5. The highest BCUT2D eigenvalue weighted by Crippen LogP contribution is 2.33. The highest BCUT2D eigenvalue weighted by Gasteiger charge is 2.39. The summed E-state index contributed by atoms with van der Waals surface area (Å²) < 4.78 is 5.48. The van der Waals surface area contributed by atoms with Crippen LogP contribution in [-0.2, 0) is 14.3 Å². The maximum Gasteiger partial charge on any atom is 0.303 e. The third-order valence-electron chi connectivity index (χ3n) is 4.99. The van der Waals surface area contributed by atoms with Crippen molar-refractivity contribution in [3.05, 3.63) is 24.3 Å². The van der Waals surface area contributed by atoms with Crippen LogP contribution in [0.15, 0.2) is 24.3 Å². The molecule has 0 unspecified atom stereocenters. The van der Waals surface area contributed by atoms with E-state index in [9.17, 15) is 14.7 Å². The Balaban J connectivity index is 2.54. The molecule has 0 aromatic heterocycles. The summed E-state index contributed by atoms with van der Waals surface area (Å²) in [6, 6.07) is 0. The van der Waals surface area contributed by atoms with Crippen LogP contribution < -0.4 is 0 Å². The highest BCUT2D eigenvalue weighted by molar-refractivity contribution is 5.84. The molecular weight excluding hydrogens is 332 g/mol. The lowest BCUT2D eigenvalue weighted by molar-refractivity contribution is -0.137. The van der Waals surface area contributed by atoms with Gasteiger partial charge < -0.3 is 14.9 Å². The third kappa shape index (κ3) is 8.28. The zero-order chi connectivity index (χ0) is 19.4. The SMILES string of the molecule is CCCCC[C@@H](C=C[C@H]1[C@H](O)CC(=O)[C@@H]1C/C=C/CCCC(=O)O)OC. The average molecular weight is 366 g/mol. The first-order valence-electron chi connectivity index (χ1n) is 9.78. The van der Waals surface area contributed by atoms with E-state index in [0.29, 0.717) is 19.3 Å². The Bertz CT molecular complexity index is 483. The number of carboxylic acid groups (broad SMARTS) is 1. The average Bonchev–Trinajstić information content (AvgIpc) is 2.87. The normalized spacial score (nSPS) is 24.7. The number of hydrogen-bond donors (Lipinski definition) is 2. The molecule has 0 bridgehead atoms. The smallest absolute Gasteiger partial charge is 0.303 e. The molecule has 1 aliphatic rings. The number of carbonyl (C=O) groups excluding carboxylic acids is 1. The Morgan fingerprint density at radius 3 is 2.73 bits per heavy atom. The van der Waals surface area contributed by atoms with Crippen LogP contribution >= 0.6 is 0 Å². The van der Waals surface area contributed by atoms with Crippen LogP contribution in [0.4, 0.5) is 0 Å². The number of aliphatic hydroxyl groups is 1. The van der Waals surface area contributed by atoms with Gasteiger partial charge >= 0.3 is 5.97 Å². The molecule has 5 nitrogen and oxygen atoms in total. The van der Waals surface area contributed by atoms with E-state index in [-0.39, 0.29) is 36.6 Å². The van der Waals surface area contributed by atoms with E-state index in [4.69, 9.17) is 9.84 Å². The second kappa shape index (κ2) is 12.8. The molecule has 0 heterocycles. The van der Waals surface area contributed by atoms with Gasteiger partial charge in [-0.2, -0.15) is 0 Å². The number of unbranched alkanes of at least 4 members (excludes halogenated alkanes) is 3. The maximum atomic E-state index is 12.2. The molecule has 148 valence electrons. The summed E-state index contributed by atoms with van der Waals surface area (Å²) in [5.41, 5.74) is 0. The van der Waals surface area contributed by atoms with E-state index >= 15 is 0 Å². The minimum absolute atomic E-state index is 0.0247. The number of hydrogen-bond acceptors (Lipinski definition) is 4. The molecule has 4 atom stereocenters. The molecule has 1 rings (SSSR count). The predicted octanol–water partition coefficient (Wildman–Crippen LogP) is 3.91. The van der Waals surface area contributed by atoms with Crippen molar-refractivity contribution in [2.75, 3.05) is 7.11 Å². The lowest BCUT2D eigenvalue weighted by Gasteiger charge is -2.17. The molecule has 0 aromatic rings. The summed E-state index contributed by atoms with van der Waals surface area (Å²) >= 11 is 0. The van der Waals surface area contributed by atoms with E-state index in [1.54, 1.807) is 7.11 Å². The van der Waals surface area contributed by atoms with Gasteiger partial charge in [0, 0.05) is 31.8 Å². The van der Waals surface area contributed by atoms with Crippen LogP contribution in [0.2, 0.25) is 0 Å². The molecule has 0 spiro atoms. The number of allylic oxidation sites excluding steroid dienone is 2. The first-order chi connectivity index (χ1) is 12.5. The summed E-state index contributed by atoms with van der Waals surface area (Å²) in [7, 11) is 1.69. The number of aliphatic carboxylic acids is 1. The van der Waals surface area contributed by atoms with Crippen molar-refractivity contribution >= 4 is 11.8 Å². The molecule has 0 saturated heterocycles. The number of Topliss-reactive ketones (excluding diaryl/α,β-unsaturated/α-hetero) is 1. The second-order valence-electron chi connectivity index (χ2n) is 7.07. The zero-order valence-electron chi connectivity index (χ0n) is 16.1. The van der Waals surface area contributed by atoms with Gasteiger partial charge in [0.1, 0.15) is 5.78 Å². The Hall–Kier alpha value is -1.46. The van der Waals surface area contributed by atoms with Crippen LogP contribution in [0.1, 0.15) is 64.7 Å². The first-order valence-corrected chi connectivity index (χ1v) is 9.78. The van der Waals surface area contributed by atoms with Crippen LogP contribution in [0.3, 0.4) is 0 Å². The molecule has 0 amide bonds. The van der Waals surface area contributed by atoms with E-state index in [1.807, 2.05) is 24.3 Å². The Kier molecular flexibility index (Phi) is 11.1. The van der Waals surface area contributed by atoms with Crippen molar-refractivity contribution in [3.8, 4) is 0 Å². The van der Waals surface area contributed by atoms with Gasteiger partial charge in [-0.05, 0) is 25.7 Å². The van der Waals surface area contributed by atoms with Crippen LogP contribution in [0, 0.1) is 11.8 Å². The van der Waals surface area contributed by atoms with Crippen molar-refractivity contribution in [1.29, 1.82) is 0 Å². The van der Waals surface area contributed by atoms with Crippen molar-refractivity contribution in [1.82, 2.24) is 0 Å². The lowest BCUT2D eigenvalue weighted by Crippen LogP contribution is -2.19. The Labute approximate surface area is 157 Å². The zero-order valence-corrected chi connectivity index (χ0v) is 16.1. The Morgan fingerprint density at radius 2 is 2.08 bits per heavy atom. The molecule has 2 N–H and O–H groups in total. The number of ether oxygens (including phenoxy) is 1. The van der Waals surface area contributed by atoms with E-state index in [0.717, 1.165) is 19.3 Å². The van der Waals surface area contributed by atoms with E-state index < -0.39 is 12.1 Å².